The zero-order valence-corrected chi connectivity index (χ0v) is 26.5. The number of aromatic nitrogens is 1. The highest BCUT2D eigenvalue weighted by atomic mass is 32.1. The van der Waals surface area contributed by atoms with Crippen molar-refractivity contribution in [1.29, 1.82) is 0 Å². The number of fused-ring (bicyclic) bond motifs is 1. The number of benzene rings is 4. The van der Waals surface area contributed by atoms with E-state index in [2.05, 4.69) is 60.7 Å². The van der Waals surface area contributed by atoms with Gasteiger partial charge in [-0.1, -0.05) is 93.6 Å². The maximum atomic E-state index is 13.5. The largest absolute Gasteiger partial charge is 0.341 e. The lowest BCUT2D eigenvalue weighted by Crippen LogP contribution is -2.41. The summed E-state index contributed by atoms with van der Waals surface area (Å²) in [5, 5.41) is 6.22. The van der Waals surface area contributed by atoms with Crippen LogP contribution in [0.1, 0.15) is 70.9 Å². The molecule has 6 rings (SSSR count). The second-order valence-electron chi connectivity index (χ2n) is 12.4. The second kappa shape index (κ2) is 12.7. The van der Waals surface area contributed by atoms with E-state index in [4.69, 9.17) is 0 Å². The van der Waals surface area contributed by atoms with Crippen LogP contribution in [0, 0.1) is 0 Å². The fourth-order valence-electron chi connectivity index (χ4n) is 5.63. The normalized spacial score (nSPS) is 13.9. The van der Waals surface area contributed by atoms with E-state index in [0.29, 0.717) is 29.9 Å². The van der Waals surface area contributed by atoms with Crippen LogP contribution in [0.3, 0.4) is 0 Å². The first-order chi connectivity index (χ1) is 21.7. The lowest BCUT2D eigenvalue weighted by atomic mass is 9.86. The summed E-state index contributed by atoms with van der Waals surface area (Å²) in [6.07, 6.45) is 1.93. The topological polar surface area (TPSA) is 91.4 Å². The van der Waals surface area contributed by atoms with Gasteiger partial charge in [0.1, 0.15) is 6.04 Å². The van der Waals surface area contributed by atoms with E-state index in [9.17, 15) is 14.4 Å². The summed E-state index contributed by atoms with van der Waals surface area (Å²) in [5.74, 6) is -0.739. The maximum absolute atomic E-state index is 13.5. The van der Waals surface area contributed by atoms with Gasteiger partial charge in [-0.05, 0) is 64.8 Å². The number of nitrogens with zero attached hydrogens (tertiary/aromatic N) is 2. The fourth-order valence-corrected chi connectivity index (χ4v) is 6.53. The van der Waals surface area contributed by atoms with Gasteiger partial charge in [-0.2, -0.15) is 0 Å². The van der Waals surface area contributed by atoms with Gasteiger partial charge in [0, 0.05) is 24.3 Å². The molecule has 0 saturated carbocycles. The number of anilines is 1. The number of amides is 3. The molecular weight excluding hydrogens is 580 g/mol. The molecule has 0 unspecified atom stereocenters. The number of nitrogens with one attached hydrogen (secondary N) is 2. The van der Waals surface area contributed by atoms with Crippen molar-refractivity contribution >= 4 is 45.0 Å². The summed E-state index contributed by atoms with van der Waals surface area (Å²) >= 11 is 1.23. The smallest absolute Gasteiger partial charge is 0.281 e. The molecule has 1 aliphatic rings. The number of rotatable bonds is 7. The summed E-state index contributed by atoms with van der Waals surface area (Å²) in [4.78, 5) is 46.6. The van der Waals surface area contributed by atoms with Crippen molar-refractivity contribution in [3.8, 4) is 11.1 Å². The Kier molecular flexibility index (Phi) is 8.50. The minimum atomic E-state index is -0.789. The fraction of sp³-hybridized carbons (Fsp3) is 0.243. The van der Waals surface area contributed by atoms with Crippen LogP contribution in [0.15, 0.2) is 97.1 Å². The minimum absolute atomic E-state index is 0.0416. The molecule has 1 aromatic heterocycles. The van der Waals surface area contributed by atoms with Gasteiger partial charge in [0.2, 0.25) is 5.91 Å². The first kappa shape index (κ1) is 30.2. The second-order valence-corrected chi connectivity index (χ2v) is 13.4. The predicted octanol–water partition coefficient (Wildman–Crippen LogP) is 7.61. The Morgan fingerprint density at radius 1 is 0.822 bits per heavy atom. The first-order valence-electron chi connectivity index (χ1n) is 15.2. The molecule has 0 bridgehead atoms. The van der Waals surface area contributed by atoms with Gasteiger partial charge >= 0.3 is 0 Å². The highest BCUT2D eigenvalue weighted by molar-refractivity contribution is 7.20. The molecule has 1 fully saturated rings. The lowest BCUT2D eigenvalue weighted by Gasteiger charge is -2.24. The molecule has 228 valence electrons. The van der Waals surface area contributed by atoms with E-state index in [0.717, 1.165) is 34.2 Å². The van der Waals surface area contributed by atoms with Gasteiger partial charge in [-0.15, -0.1) is 11.3 Å². The number of carbonyl (C=O) groups is 3. The Hall–Kier alpha value is -4.82. The number of thiazole rings is 1. The molecule has 4 aromatic carbocycles. The standard InChI is InChI=1S/C37H36N4O3S/c1-37(2,3)26-17-15-24(16-18-26)28-13-7-8-14-29(28)33(42)38-27-19-20-30-31(23-27)45-35(39-30)34(43)40-32(25-11-5-4-6-12-25)36(44)41-21-9-10-22-41/h4-8,11-20,23,32H,9-10,21-22H2,1-3H3,(H,38,42)(H,40,43)/t32-/m0/s1. The zero-order valence-electron chi connectivity index (χ0n) is 25.7. The minimum Gasteiger partial charge on any atom is -0.341 e. The van der Waals surface area contributed by atoms with Crippen molar-refractivity contribution in [1.82, 2.24) is 15.2 Å². The SMILES string of the molecule is CC(C)(C)c1ccc(-c2ccccc2C(=O)Nc2ccc3nc(C(=O)N[C@H](C(=O)N4CCCC4)c4ccccc4)sc3c2)cc1. The number of likely N-dealkylation sites (tertiary alicyclic amines) is 1. The van der Waals surface area contributed by atoms with Gasteiger partial charge in [0.05, 0.1) is 10.2 Å². The summed E-state index contributed by atoms with van der Waals surface area (Å²) in [5.41, 5.74) is 5.65. The van der Waals surface area contributed by atoms with Crippen LogP contribution in [-0.2, 0) is 10.2 Å². The average molecular weight is 617 g/mol. The molecule has 2 heterocycles. The van der Waals surface area contributed by atoms with Crippen LogP contribution in [0.2, 0.25) is 0 Å². The molecule has 45 heavy (non-hydrogen) atoms. The maximum Gasteiger partial charge on any atom is 0.281 e. The van der Waals surface area contributed by atoms with E-state index < -0.39 is 11.9 Å². The van der Waals surface area contributed by atoms with Crippen molar-refractivity contribution in [2.45, 2.75) is 45.1 Å². The molecular formula is C37H36N4O3S. The molecule has 0 aliphatic carbocycles. The quantitative estimate of drug-likeness (QED) is 0.197. The van der Waals surface area contributed by atoms with Crippen LogP contribution < -0.4 is 10.6 Å². The van der Waals surface area contributed by atoms with Crippen LogP contribution in [-0.4, -0.2) is 40.7 Å². The van der Waals surface area contributed by atoms with Crippen LogP contribution >= 0.6 is 11.3 Å². The van der Waals surface area contributed by atoms with Gasteiger partial charge in [0.25, 0.3) is 11.8 Å². The van der Waals surface area contributed by atoms with E-state index >= 15 is 0 Å². The molecule has 3 amide bonds. The third-order valence-corrected chi connectivity index (χ3v) is 9.16. The molecule has 8 heteroatoms. The Morgan fingerprint density at radius 3 is 2.22 bits per heavy atom. The Morgan fingerprint density at radius 2 is 1.51 bits per heavy atom. The summed E-state index contributed by atoms with van der Waals surface area (Å²) in [6.45, 7) is 7.92. The summed E-state index contributed by atoms with van der Waals surface area (Å²) < 4.78 is 0.756. The van der Waals surface area contributed by atoms with Crippen molar-refractivity contribution < 1.29 is 14.4 Å². The lowest BCUT2D eigenvalue weighted by molar-refractivity contribution is -0.132. The first-order valence-corrected chi connectivity index (χ1v) is 16.1. The molecule has 0 spiro atoms. The molecule has 2 N–H and O–H groups in total. The highest BCUT2D eigenvalue weighted by Crippen LogP contribution is 2.30. The number of hydrogen-bond acceptors (Lipinski definition) is 5. The predicted molar refractivity (Wildman–Crippen MR) is 181 cm³/mol. The third-order valence-electron chi connectivity index (χ3n) is 8.15. The highest BCUT2D eigenvalue weighted by Gasteiger charge is 2.30. The molecule has 5 aromatic rings. The summed E-state index contributed by atoms with van der Waals surface area (Å²) in [7, 11) is 0. The van der Waals surface area contributed by atoms with Crippen molar-refractivity contribution in [2.75, 3.05) is 18.4 Å². The monoisotopic (exact) mass is 616 g/mol. The third kappa shape index (κ3) is 6.66. The Balaban J connectivity index is 1.20. The molecule has 1 atom stereocenters. The van der Waals surface area contributed by atoms with Gasteiger partial charge in [-0.3, -0.25) is 14.4 Å². The zero-order chi connectivity index (χ0) is 31.6. The van der Waals surface area contributed by atoms with E-state index in [1.54, 1.807) is 12.1 Å². The molecule has 0 radical (unpaired) electrons. The van der Waals surface area contributed by atoms with Gasteiger partial charge < -0.3 is 15.5 Å². The molecule has 1 saturated heterocycles. The average Bonchev–Trinajstić information content (AvgIpc) is 3.74. The number of hydrogen-bond donors (Lipinski definition) is 2. The van der Waals surface area contributed by atoms with Gasteiger partial charge in [-0.25, -0.2) is 4.98 Å². The summed E-state index contributed by atoms with van der Waals surface area (Å²) in [6, 6.07) is 29.8. The van der Waals surface area contributed by atoms with Crippen molar-refractivity contribution in [3.63, 3.8) is 0 Å². The number of carbonyl (C=O) groups excluding carboxylic acids is 3. The van der Waals surface area contributed by atoms with Crippen molar-refractivity contribution in [3.05, 3.63) is 119 Å². The van der Waals surface area contributed by atoms with Crippen LogP contribution in [0.5, 0.6) is 0 Å². The molecule has 7 nitrogen and oxygen atoms in total. The van der Waals surface area contributed by atoms with E-state index in [-0.39, 0.29) is 22.2 Å². The van der Waals surface area contributed by atoms with Crippen molar-refractivity contribution in [2.24, 2.45) is 0 Å². The Bertz CT molecular complexity index is 1850. The van der Waals surface area contributed by atoms with Crippen LogP contribution in [0.25, 0.3) is 21.3 Å². The van der Waals surface area contributed by atoms with E-state index in [1.165, 1.54) is 16.9 Å². The molecule has 1 aliphatic heterocycles. The van der Waals surface area contributed by atoms with Crippen LogP contribution in [0.4, 0.5) is 5.69 Å². The Labute approximate surface area is 267 Å². The van der Waals surface area contributed by atoms with Gasteiger partial charge in [0.15, 0.2) is 5.01 Å². The van der Waals surface area contributed by atoms with E-state index in [1.807, 2.05) is 65.6 Å².